The molecule has 0 saturated heterocycles. The zero-order valence-electron chi connectivity index (χ0n) is 5.96. The Morgan fingerprint density at radius 2 is 2.42 bits per heavy atom. The highest BCUT2D eigenvalue weighted by Crippen LogP contribution is 2.03. The molecular weight excluding hydrogens is 185 g/mol. The van der Waals surface area contributed by atoms with Crippen molar-refractivity contribution < 1.29 is 13.5 Å². The summed E-state index contributed by atoms with van der Waals surface area (Å²) < 4.78 is 15.8. The number of hydrogen-bond acceptors (Lipinski definition) is 3. The number of aromatic nitrogens is 1. The zero-order chi connectivity index (χ0) is 8.97. The fourth-order valence-electron chi connectivity index (χ4n) is 0.664. The lowest BCUT2D eigenvalue weighted by atomic mass is 10.3. The second-order valence-corrected chi connectivity index (χ2v) is 2.20. The normalized spacial score (nSPS) is 9.50. The van der Waals surface area contributed by atoms with E-state index >= 15 is 0 Å². The van der Waals surface area contributed by atoms with Crippen LogP contribution < -0.4 is 0 Å². The molecule has 0 spiro atoms. The molecule has 0 atom stereocenters. The summed E-state index contributed by atoms with van der Waals surface area (Å²) in [5.41, 5.74) is 0.461. The fourth-order valence-corrected chi connectivity index (χ4v) is 0.743. The van der Waals surface area contributed by atoms with E-state index in [4.69, 9.17) is 11.9 Å². The summed E-state index contributed by atoms with van der Waals surface area (Å²) in [4.78, 5) is 14.3. The Hall–Kier alpha value is -1.16. The average Bonchev–Trinajstić information content (AvgIpc) is 2.17. The fraction of sp³-hybridized carbons (Fsp3) is 0.143. The second-order valence-electron chi connectivity index (χ2n) is 2.05. The third-order valence-corrected chi connectivity index (χ3v) is 1.40. The van der Waals surface area contributed by atoms with Gasteiger partial charge in [0.2, 0.25) is 0 Å². The van der Waals surface area contributed by atoms with Crippen LogP contribution in [0.15, 0.2) is 18.3 Å². The maximum Gasteiger partial charge on any atom is 0.374 e. The highest BCUT2D eigenvalue weighted by atomic mass is 35.5. The zero-order valence-corrected chi connectivity index (χ0v) is 6.71. The smallest absolute Gasteiger partial charge is 0.342 e. The van der Waals surface area contributed by atoms with E-state index in [1.807, 2.05) is 0 Å². The van der Waals surface area contributed by atoms with Crippen molar-refractivity contribution in [2.24, 2.45) is 0 Å². The lowest BCUT2D eigenvalue weighted by Crippen LogP contribution is -2.01. The molecule has 0 unspecified atom stereocenters. The predicted octanol–water partition coefficient (Wildman–Crippen LogP) is 1.86. The molecule has 0 amide bonds. The van der Waals surface area contributed by atoms with Gasteiger partial charge in [-0.05, 0) is 6.07 Å². The Morgan fingerprint density at radius 1 is 1.67 bits per heavy atom. The topological polar surface area (TPSA) is 39.2 Å². The molecule has 0 fully saturated rings. The SMILES string of the molecule is O=C(OCl)c1ccc(CF)cn1. The third-order valence-electron chi connectivity index (χ3n) is 1.26. The molecule has 0 aromatic carbocycles. The van der Waals surface area contributed by atoms with Crippen molar-refractivity contribution in [1.29, 1.82) is 0 Å². The van der Waals surface area contributed by atoms with Crippen molar-refractivity contribution in [3.8, 4) is 0 Å². The van der Waals surface area contributed by atoms with Crippen LogP contribution in [0.4, 0.5) is 4.39 Å². The van der Waals surface area contributed by atoms with Gasteiger partial charge < -0.3 is 4.29 Å². The Balaban J connectivity index is 2.84. The van der Waals surface area contributed by atoms with Crippen LogP contribution in [0.3, 0.4) is 0 Å². The van der Waals surface area contributed by atoms with Gasteiger partial charge in [-0.25, -0.2) is 14.2 Å². The Bertz CT molecular complexity index is 275. The summed E-state index contributed by atoms with van der Waals surface area (Å²) in [6, 6.07) is 2.79. The summed E-state index contributed by atoms with van der Waals surface area (Å²) in [5, 5.41) is 0. The van der Waals surface area contributed by atoms with Crippen LogP contribution in [0.5, 0.6) is 0 Å². The molecule has 0 bridgehead atoms. The third kappa shape index (κ3) is 1.92. The number of rotatable bonds is 2. The number of alkyl halides is 1. The van der Waals surface area contributed by atoms with E-state index in [-0.39, 0.29) is 5.69 Å². The maximum absolute atomic E-state index is 12.0. The van der Waals surface area contributed by atoms with Crippen molar-refractivity contribution in [3.63, 3.8) is 0 Å². The van der Waals surface area contributed by atoms with Crippen molar-refractivity contribution >= 4 is 17.8 Å². The lowest BCUT2D eigenvalue weighted by Gasteiger charge is -1.95. The standard InChI is InChI=1S/C7H5ClFNO2/c8-12-7(11)6-2-1-5(3-9)4-10-6/h1-2,4H,3H2. The van der Waals surface area contributed by atoms with Crippen LogP contribution in [0.25, 0.3) is 0 Å². The van der Waals surface area contributed by atoms with E-state index in [1.54, 1.807) is 0 Å². The van der Waals surface area contributed by atoms with Crippen molar-refractivity contribution in [2.45, 2.75) is 6.67 Å². The largest absolute Gasteiger partial charge is 0.374 e. The second kappa shape index (κ2) is 4.01. The number of nitrogens with zero attached hydrogens (tertiary/aromatic N) is 1. The minimum Gasteiger partial charge on any atom is -0.342 e. The average molecular weight is 190 g/mol. The van der Waals surface area contributed by atoms with Crippen LogP contribution >= 0.6 is 11.9 Å². The highest BCUT2D eigenvalue weighted by Gasteiger charge is 2.06. The van der Waals surface area contributed by atoms with E-state index in [9.17, 15) is 9.18 Å². The van der Waals surface area contributed by atoms with Gasteiger partial charge >= 0.3 is 5.97 Å². The highest BCUT2D eigenvalue weighted by molar-refractivity contribution is 6.15. The molecule has 0 aliphatic rings. The molecule has 0 aliphatic carbocycles. The minimum absolute atomic E-state index is 0.0576. The van der Waals surface area contributed by atoms with E-state index in [0.29, 0.717) is 5.56 Å². The van der Waals surface area contributed by atoms with E-state index < -0.39 is 12.6 Å². The summed E-state index contributed by atoms with van der Waals surface area (Å²) in [6.07, 6.45) is 1.25. The molecule has 1 aromatic rings. The number of pyridine rings is 1. The molecule has 0 saturated carbocycles. The summed E-state index contributed by atoms with van der Waals surface area (Å²) in [6.45, 7) is -0.608. The predicted molar refractivity (Wildman–Crippen MR) is 40.3 cm³/mol. The first kappa shape index (κ1) is 8.93. The number of carbonyl (C=O) groups is 1. The van der Waals surface area contributed by atoms with Gasteiger partial charge in [0.25, 0.3) is 0 Å². The molecule has 0 N–H and O–H groups in total. The van der Waals surface area contributed by atoms with E-state index in [2.05, 4.69) is 9.27 Å². The molecule has 1 heterocycles. The first-order valence-electron chi connectivity index (χ1n) is 3.11. The van der Waals surface area contributed by atoms with Crippen LogP contribution in [-0.2, 0) is 11.0 Å². The van der Waals surface area contributed by atoms with Crippen molar-refractivity contribution in [3.05, 3.63) is 29.6 Å². The summed E-state index contributed by atoms with van der Waals surface area (Å²) in [7, 11) is 0. The van der Waals surface area contributed by atoms with E-state index in [0.717, 1.165) is 0 Å². The summed E-state index contributed by atoms with van der Waals surface area (Å²) >= 11 is 4.80. The maximum atomic E-state index is 12.0. The van der Waals surface area contributed by atoms with Gasteiger partial charge in [0, 0.05) is 11.8 Å². The molecular formula is C7H5ClFNO2. The molecule has 0 aliphatic heterocycles. The number of hydrogen-bond donors (Lipinski definition) is 0. The Morgan fingerprint density at radius 3 is 2.83 bits per heavy atom. The molecule has 1 aromatic heterocycles. The molecule has 3 nitrogen and oxygen atoms in total. The number of halogens is 2. The van der Waals surface area contributed by atoms with Gasteiger partial charge in [-0.3, -0.25) is 0 Å². The minimum atomic E-state index is -0.748. The monoisotopic (exact) mass is 189 g/mol. The molecule has 1 rings (SSSR count). The molecule has 5 heteroatoms. The van der Waals surface area contributed by atoms with Crippen LogP contribution in [0.1, 0.15) is 16.1 Å². The molecule has 12 heavy (non-hydrogen) atoms. The molecule has 0 radical (unpaired) electrons. The summed E-state index contributed by atoms with van der Waals surface area (Å²) in [5.74, 6) is -0.748. The quantitative estimate of drug-likeness (QED) is 0.713. The van der Waals surface area contributed by atoms with Gasteiger partial charge in [-0.1, -0.05) is 6.07 Å². The lowest BCUT2D eigenvalue weighted by molar-refractivity contribution is 0.0745. The van der Waals surface area contributed by atoms with Crippen LogP contribution in [0, 0.1) is 0 Å². The van der Waals surface area contributed by atoms with Gasteiger partial charge in [0.1, 0.15) is 24.2 Å². The van der Waals surface area contributed by atoms with Crippen molar-refractivity contribution in [1.82, 2.24) is 4.98 Å². The Labute approximate surface area is 73.3 Å². The van der Waals surface area contributed by atoms with Gasteiger partial charge in [0.15, 0.2) is 0 Å². The Kier molecular flexibility index (Phi) is 2.99. The van der Waals surface area contributed by atoms with Gasteiger partial charge in [0.05, 0.1) is 0 Å². The first-order valence-corrected chi connectivity index (χ1v) is 3.42. The van der Waals surface area contributed by atoms with Crippen LogP contribution in [-0.4, -0.2) is 11.0 Å². The number of carbonyl (C=O) groups excluding carboxylic acids is 1. The van der Waals surface area contributed by atoms with Crippen molar-refractivity contribution in [2.75, 3.05) is 0 Å². The van der Waals surface area contributed by atoms with Gasteiger partial charge in [-0.2, -0.15) is 0 Å². The first-order chi connectivity index (χ1) is 5.77. The molecule has 64 valence electrons. The van der Waals surface area contributed by atoms with Crippen LogP contribution in [0.2, 0.25) is 0 Å². The van der Waals surface area contributed by atoms with Gasteiger partial charge in [-0.15, -0.1) is 0 Å². The van der Waals surface area contributed by atoms with E-state index in [1.165, 1.54) is 18.3 Å².